The normalized spacial score (nSPS) is 13.4. The van der Waals surface area contributed by atoms with Crippen molar-refractivity contribution in [3.05, 3.63) is 0 Å². The molecular weight excluding hydrogens is 231 g/mol. The minimum absolute atomic E-state index is 0. The Labute approximate surface area is 129 Å². The Kier molecular flexibility index (Phi) is 12.4. The van der Waals surface area contributed by atoms with E-state index in [-0.39, 0.29) is 63.6 Å². The zero-order valence-electron chi connectivity index (χ0n) is 8.90. The summed E-state index contributed by atoms with van der Waals surface area (Å²) in [4.78, 5) is 0. The van der Waals surface area contributed by atoms with Gasteiger partial charge in [-0.15, -0.1) is 0 Å². The summed E-state index contributed by atoms with van der Waals surface area (Å²) < 4.78 is 30.6. The smallest absolute Gasteiger partial charge is 0.748 e. The Hall–Kier alpha value is 1.51. The number of hydrogen-bond donors (Lipinski definition) is 1. The van der Waals surface area contributed by atoms with E-state index in [1.807, 2.05) is 6.92 Å². The molecule has 1 N–H and O–H groups in total. The molecule has 14 heavy (non-hydrogen) atoms. The standard InChI is InChI=1S/C8H18O4S.K/c1-2-3-5-8(9)6-4-7-13(10,11)12;/h8-9H,2-7H2,1H3,(H,10,11,12);/q;+1/p-1. The molecule has 0 heterocycles. The Morgan fingerprint density at radius 1 is 1.29 bits per heavy atom. The van der Waals surface area contributed by atoms with Gasteiger partial charge in [0.15, 0.2) is 0 Å². The first-order valence-corrected chi connectivity index (χ1v) is 6.15. The molecule has 0 spiro atoms. The molecule has 0 saturated carbocycles. The van der Waals surface area contributed by atoms with Crippen LogP contribution in [0, 0.1) is 0 Å². The first-order chi connectivity index (χ1) is 5.95. The molecule has 0 aromatic rings. The fraction of sp³-hybridized carbons (Fsp3) is 1.00. The molecule has 1 atom stereocenters. The van der Waals surface area contributed by atoms with Crippen molar-refractivity contribution in [1.82, 2.24) is 0 Å². The number of rotatable bonds is 7. The van der Waals surface area contributed by atoms with E-state index in [0.29, 0.717) is 12.8 Å². The van der Waals surface area contributed by atoms with E-state index < -0.39 is 16.2 Å². The van der Waals surface area contributed by atoms with Gasteiger partial charge in [0.2, 0.25) is 0 Å². The number of hydrogen-bond acceptors (Lipinski definition) is 4. The fourth-order valence-electron chi connectivity index (χ4n) is 1.08. The summed E-state index contributed by atoms with van der Waals surface area (Å²) in [6.07, 6.45) is 2.84. The van der Waals surface area contributed by atoms with Crippen LogP contribution in [0.3, 0.4) is 0 Å². The quantitative estimate of drug-likeness (QED) is 0.412. The average molecular weight is 248 g/mol. The van der Waals surface area contributed by atoms with E-state index >= 15 is 0 Å². The van der Waals surface area contributed by atoms with Crippen LogP contribution >= 0.6 is 0 Å². The van der Waals surface area contributed by atoms with Crippen LogP contribution in [-0.2, 0) is 10.1 Å². The third-order valence-electron chi connectivity index (χ3n) is 1.82. The van der Waals surface area contributed by atoms with Gasteiger partial charge in [-0.1, -0.05) is 19.8 Å². The fourth-order valence-corrected chi connectivity index (χ4v) is 1.60. The molecule has 0 radical (unpaired) electrons. The minimum atomic E-state index is -4.10. The Morgan fingerprint density at radius 2 is 1.79 bits per heavy atom. The molecule has 0 bridgehead atoms. The predicted molar refractivity (Wildman–Crippen MR) is 49.3 cm³/mol. The molecule has 4 nitrogen and oxygen atoms in total. The molecule has 1 unspecified atom stereocenters. The third-order valence-corrected chi connectivity index (χ3v) is 2.61. The van der Waals surface area contributed by atoms with E-state index in [1.54, 1.807) is 0 Å². The van der Waals surface area contributed by atoms with Crippen molar-refractivity contribution in [2.45, 2.75) is 45.1 Å². The molecule has 0 aliphatic rings. The monoisotopic (exact) mass is 248 g/mol. The molecule has 6 heteroatoms. The first kappa shape index (κ1) is 17.9. The van der Waals surface area contributed by atoms with Crippen molar-refractivity contribution in [2.24, 2.45) is 0 Å². The Bertz CT molecular complexity index is 215. The number of aliphatic hydroxyl groups is 1. The minimum Gasteiger partial charge on any atom is -0.748 e. The van der Waals surface area contributed by atoms with Crippen LogP contribution in [0.1, 0.15) is 39.0 Å². The van der Waals surface area contributed by atoms with Gasteiger partial charge in [0.1, 0.15) is 0 Å². The second-order valence-corrected chi connectivity index (χ2v) is 4.72. The Morgan fingerprint density at radius 3 is 2.21 bits per heavy atom. The SMILES string of the molecule is CCCCC(O)CCCS(=O)(=O)[O-].[K+]. The topological polar surface area (TPSA) is 77.4 Å². The van der Waals surface area contributed by atoms with Crippen LogP contribution in [0.2, 0.25) is 0 Å². The summed E-state index contributed by atoms with van der Waals surface area (Å²) in [5.41, 5.74) is 0. The van der Waals surface area contributed by atoms with Crippen molar-refractivity contribution in [2.75, 3.05) is 5.75 Å². The molecule has 0 amide bonds. The summed E-state index contributed by atoms with van der Waals surface area (Å²) in [6, 6.07) is 0. The van der Waals surface area contributed by atoms with Crippen molar-refractivity contribution < 1.29 is 69.5 Å². The van der Waals surface area contributed by atoms with E-state index in [0.717, 1.165) is 12.8 Å². The predicted octanol–water partition coefficient (Wildman–Crippen LogP) is -2.13. The summed E-state index contributed by atoms with van der Waals surface area (Å²) >= 11 is 0. The van der Waals surface area contributed by atoms with E-state index in [4.69, 9.17) is 0 Å². The van der Waals surface area contributed by atoms with Gasteiger partial charge in [-0.3, -0.25) is 0 Å². The van der Waals surface area contributed by atoms with Crippen molar-refractivity contribution in [3.8, 4) is 0 Å². The summed E-state index contributed by atoms with van der Waals surface area (Å²) in [7, 11) is -4.10. The molecule has 0 rings (SSSR count). The van der Waals surface area contributed by atoms with E-state index in [2.05, 4.69) is 0 Å². The van der Waals surface area contributed by atoms with Gasteiger partial charge in [0.05, 0.1) is 16.2 Å². The van der Waals surface area contributed by atoms with Gasteiger partial charge < -0.3 is 9.66 Å². The largest absolute Gasteiger partial charge is 1.00 e. The maximum atomic E-state index is 10.2. The Balaban J connectivity index is 0. The van der Waals surface area contributed by atoms with Gasteiger partial charge in [-0.25, -0.2) is 8.42 Å². The number of unbranched alkanes of at least 4 members (excludes halogenated alkanes) is 1. The van der Waals surface area contributed by atoms with Gasteiger partial charge in [-0.2, -0.15) is 0 Å². The molecule has 0 aliphatic carbocycles. The zero-order chi connectivity index (χ0) is 10.3. The summed E-state index contributed by atoms with van der Waals surface area (Å²) in [6.45, 7) is 2.02. The van der Waals surface area contributed by atoms with Crippen LogP contribution in [0.4, 0.5) is 0 Å². The molecule has 0 aromatic heterocycles. The zero-order valence-corrected chi connectivity index (χ0v) is 12.8. The maximum absolute atomic E-state index is 10.2. The van der Waals surface area contributed by atoms with Crippen LogP contribution < -0.4 is 51.4 Å². The van der Waals surface area contributed by atoms with Gasteiger partial charge >= 0.3 is 51.4 Å². The molecule has 0 aliphatic heterocycles. The molecule has 0 saturated heterocycles. The average Bonchev–Trinajstić information content (AvgIpc) is 1.98. The van der Waals surface area contributed by atoms with Gasteiger partial charge in [-0.05, 0) is 19.3 Å². The van der Waals surface area contributed by atoms with Gasteiger partial charge in [0, 0.05) is 5.75 Å². The van der Waals surface area contributed by atoms with Crippen molar-refractivity contribution in [3.63, 3.8) is 0 Å². The maximum Gasteiger partial charge on any atom is 1.00 e. The molecule has 0 fully saturated rings. The third kappa shape index (κ3) is 13.5. The van der Waals surface area contributed by atoms with Crippen LogP contribution in [0.15, 0.2) is 0 Å². The second-order valence-electron chi connectivity index (χ2n) is 3.20. The van der Waals surface area contributed by atoms with Crippen LogP contribution in [0.5, 0.6) is 0 Å². The second kappa shape index (κ2) is 9.71. The first-order valence-electron chi connectivity index (χ1n) is 4.57. The molecule has 0 aromatic carbocycles. The molecule has 80 valence electrons. The number of aliphatic hydroxyl groups excluding tert-OH is 1. The van der Waals surface area contributed by atoms with Crippen molar-refractivity contribution in [1.29, 1.82) is 0 Å². The molecular formula is C8H17KO4S. The van der Waals surface area contributed by atoms with Crippen LogP contribution in [-0.4, -0.2) is 29.9 Å². The van der Waals surface area contributed by atoms with E-state index in [9.17, 15) is 18.1 Å². The van der Waals surface area contributed by atoms with Crippen molar-refractivity contribution >= 4 is 10.1 Å². The van der Waals surface area contributed by atoms with E-state index in [1.165, 1.54) is 0 Å². The van der Waals surface area contributed by atoms with Crippen LogP contribution in [0.25, 0.3) is 0 Å². The summed E-state index contributed by atoms with van der Waals surface area (Å²) in [5, 5.41) is 9.28. The summed E-state index contributed by atoms with van der Waals surface area (Å²) in [5.74, 6) is -0.365. The van der Waals surface area contributed by atoms with Gasteiger partial charge in [0.25, 0.3) is 0 Å².